The van der Waals surface area contributed by atoms with Crippen LogP contribution in [0.2, 0.25) is 0 Å². The molecule has 1 heterocycles. The molecule has 7 heteroatoms. The summed E-state index contributed by atoms with van der Waals surface area (Å²) in [6.45, 7) is 5.13. The van der Waals surface area contributed by atoms with Crippen molar-refractivity contribution < 1.29 is 14.7 Å². The molecule has 0 aromatic rings. The number of urea groups is 1. The lowest BCUT2D eigenvalue weighted by atomic mass is 10.2. The Balaban J connectivity index is 2.34. The monoisotopic (exact) mass is 272 g/mol. The van der Waals surface area contributed by atoms with Crippen molar-refractivity contribution in [2.24, 2.45) is 0 Å². The Morgan fingerprint density at radius 3 is 2.63 bits per heavy atom. The first-order chi connectivity index (χ1) is 8.93. The molecule has 0 aliphatic carbocycles. The lowest BCUT2D eigenvalue weighted by Crippen LogP contribution is -2.56. The van der Waals surface area contributed by atoms with Gasteiger partial charge in [-0.3, -0.25) is 4.90 Å². The smallest absolute Gasteiger partial charge is 0.326 e. The fourth-order valence-electron chi connectivity index (χ4n) is 2.08. The van der Waals surface area contributed by atoms with Crippen LogP contribution in [0.15, 0.2) is 0 Å². The third-order valence-electron chi connectivity index (χ3n) is 3.49. The van der Waals surface area contributed by atoms with Crippen molar-refractivity contribution in [1.29, 1.82) is 0 Å². The van der Waals surface area contributed by atoms with E-state index >= 15 is 0 Å². The Kier molecular flexibility index (Phi) is 6.04. The van der Waals surface area contributed by atoms with Crippen LogP contribution in [0, 0.1) is 0 Å². The molecule has 7 nitrogen and oxygen atoms in total. The van der Waals surface area contributed by atoms with Gasteiger partial charge in [-0.15, -0.1) is 0 Å². The van der Waals surface area contributed by atoms with Gasteiger partial charge in [-0.2, -0.15) is 0 Å². The SMILES string of the molecule is CCC(NC(=O)NCC1CN(C)CCN1C)C(=O)O. The van der Waals surface area contributed by atoms with Crippen molar-refractivity contribution in [3.8, 4) is 0 Å². The van der Waals surface area contributed by atoms with E-state index in [1.165, 1.54) is 0 Å². The summed E-state index contributed by atoms with van der Waals surface area (Å²) in [5.41, 5.74) is 0. The molecule has 110 valence electrons. The quantitative estimate of drug-likeness (QED) is 0.622. The molecular weight excluding hydrogens is 248 g/mol. The average Bonchev–Trinajstić information content (AvgIpc) is 2.36. The first kappa shape index (κ1) is 15.7. The second-order valence-electron chi connectivity index (χ2n) is 5.05. The van der Waals surface area contributed by atoms with Gasteiger partial charge in [0.15, 0.2) is 0 Å². The predicted molar refractivity (Wildman–Crippen MR) is 72.2 cm³/mol. The predicted octanol–water partition coefficient (Wildman–Crippen LogP) is -0.605. The second kappa shape index (κ2) is 7.30. The maximum atomic E-state index is 11.6. The van der Waals surface area contributed by atoms with Crippen LogP contribution >= 0.6 is 0 Å². The van der Waals surface area contributed by atoms with Gasteiger partial charge >= 0.3 is 12.0 Å². The number of hydrogen-bond acceptors (Lipinski definition) is 4. The summed E-state index contributed by atoms with van der Waals surface area (Å²) in [7, 11) is 4.08. The van der Waals surface area contributed by atoms with Gasteiger partial charge in [0.1, 0.15) is 6.04 Å². The average molecular weight is 272 g/mol. The van der Waals surface area contributed by atoms with Crippen LogP contribution in [0.25, 0.3) is 0 Å². The summed E-state index contributed by atoms with van der Waals surface area (Å²) in [5.74, 6) is -1.01. The third-order valence-corrected chi connectivity index (χ3v) is 3.49. The Morgan fingerprint density at radius 1 is 1.37 bits per heavy atom. The molecular formula is C12H24N4O3. The van der Waals surface area contributed by atoms with Crippen LogP contribution in [0.1, 0.15) is 13.3 Å². The normalized spacial score (nSPS) is 22.8. The van der Waals surface area contributed by atoms with Gasteiger partial charge in [-0.05, 0) is 20.5 Å². The number of likely N-dealkylation sites (N-methyl/N-ethyl adjacent to an activating group) is 2. The lowest BCUT2D eigenvalue weighted by Gasteiger charge is -2.37. The molecule has 0 spiro atoms. The van der Waals surface area contributed by atoms with Crippen LogP contribution < -0.4 is 10.6 Å². The minimum atomic E-state index is -1.01. The number of carboxylic acids is 1. The van der Waals surface area contributed by atoms with E-state index in [-0.39, 0.29) is 6.04 Å². The highest BCUT2D eigenvalue weighted by Gasteiger charge is 2.23. The van der Waals surface area contributed by atoms with Crippen LogP contribution in [0.3, 0.4) is 0 Å². The summed E-state index contributed by atoms with van der Waals surface area (Å²) in [4.78, 5) is 26.9. The zero-order chi connectivity index (χ0) is 14.4. The largest absolute Gasteiger partial charge is 0.480 e. The number of aliphatic carboxylic acids is 1. The number of nitrogens with zero attached hydrogens (tertiary/aromatic N) is 2. The maximum absolute atomic E-state index is 11.6. The number of nitrogens with one attached hydrogen (secondary N) is 2. The molecule has 0 saturated carbocycles. The molecule has 0 aromatic carbocycles. The highest BCUT2D eigenvalue weighted by atomic mass is 16.4. The van der Waals surface area contributed by atoms with Crippen LogP contribution in [0.5, 0.6) is 0 Å². The zero-order valence-electron chi connectivity index (χ0n) is 11.8. The van der Waals surface area contributed by atoms with Crippen molar-refractivity contribution in [2.45, 2.75) is 25.4 Å². The fourth-order valence-corrected chi connectivity index (χ4v) is 2.08. The molecule has 3 N–H and O–H groups in total. The Bertz CT molecular complexity index is 324. The molecule has 1 fully saturated rings. The van der Waals surface area contributed by atoms with E-state index in [4.69, 9.17) is 5.11 Å². The van der Waals surface area contributed by atoms with Gasteiger partial charge in [0.25, 0.3) is 0 Å². The molecule has 1 aliphatic rings. The van der Waals surface area contributed by atoms with Crippen LogP contribution in [-0.2, 0) is 4.79 Å². The number of carbonyl (C=O) groups excluding carboxylic acids is 1. The first-order valence-corrected chi connectivity index (χ1v) is 6.60. The number of carboxylic acid groups (broad SMARTS) is 1. The van der Waals surface area contributed by atoms with Gasteiger partial charge in [-0.1, -0.05) is 6.92 Å². The van der Waals surface area contributed by atoms with Crippen LogP contribution in [0.4, 0.5) is 4.79 Å². The Morgan fingerprint density at radius 2 is 2.05 bits per heavy atom. The molecule has 0 radical (unpaired) electrons. The molecule has 2 unspecified atom stereocenters. The van der Waals surface area contributed by atoms with Crippen LogP contribution in [-0.4, -0.2) is 79.3 Å². The number of hydrogen-bond donors (Lipinski definition) is 3. The molecule has 2 atom stereocenters. The number of piperazine rings is 1. The van der Waals surface area contributed by atoms with E-state index in [2.05, 4.69) is 27.5 Å². The van der Waals surface area contributed by atoms with E-state index in [0.29, 0.717) is 13.0 Å². The van der Waals surface area contributed by atoms with E-state index in [1.807, 2.05) is 7.05 Å². The maximum Gasteiger partial charge on any atom is 0.326 e. The Hall–Kier alpha value is -1.34. The third kappa shape index (κ3) is 5.04. The van der Waals surface area contributed by atoms with Gasteiger partial charge in [-0.25, -0.2) is 9.59 Å². The second-order valence-corrected chi connectivity index (χ2v) is 5.05. The lowest BCUT2D eigenvalue weighted by molar-refractivity contribution is -0.139. The van der Waals surface area contributed by atoms with E-state index in [9.17, 15) is 9.59 Å². The molecule has 0 aromatic heterocycles. The van der Waals surface area contributed by atoms with Gasteiger partial charge < -0.3 is 20.6 Å². The molecule has 1 aliphatic heterocycles. The highest BCUT2D eigenvalue weighted by molar-refractivity contribution is 5.82. The molecule has 19 heavy (non-hydrogen) atoms. The number of rotatable bonds is 5. The summed E-state index contributed by atoms with van der Waals surface area (Å²) in [5, 5.41) is 14.0. The van der Waals surface area contributed by atoms with E-state index in [1.54, 1.807) is 6.92 Å². The molecule has 0 bridgehead atoms. The standard InChI is InChI=1S/C12H24N4O3/c1-4-10(11(17)18)14-12(19)13-7-9-8-15(2)5-6-16(9)3/h9-10H,4-8H2,1-3H3,(H,17,18)(H2,13,14,19). The summed E-state index contributed by atoms with van der Waals surface area (Å²) < 4.78 is 0. The van der Waals surface area contributed by atoms with Gasteiger partial charge in [0.2, 0.25) is 0 Å². The zero-order valence-corrected chi connectivity index (χ0v) is 11.8. The van der Waals surface area contributed by atoms with E-state index in [0.717, 1.165) is 19.6 Å². The Labute approximate surface area is 113 Å². The topological polar surface area (TPSA) is 84.9 Å². The van der Waals surface area contributed by atoms with Crippen molar-refractivity contribution in [1.82, 2.24) is 20.4 Å². The van der Waals surface area contributed by atoms with Crippen molar-refractivity contribution in [3.63, 3.8) is 0 Å². The van der Waals surface area contributed by atoms with Gasteiger partial charge in [0, 0.05) is 32.2 Å². The van der Waals surface area contributed by atoms with E-state index < -0.39 is 18.0 Å². The molecule has 2 amide bonds. The summed E-state index contributed by atoms with van der Waals surface area (Å²) >= 11 is 0. The fraction of sp³-hybridized carbons (Fsp3) is 0.833. The summed E-state index contributed by atoms with van der Waals surface area (Å²) in [6.07, 6.45) is 0.370. The molecule has 1 saturated heterocycles. The minimum Gasteiger partial charge on any atom is -0.480 e. The number of carbonyl (C=O) groups is 2. The summed E-state index contributed by atoms with van der Waals surface area (Å²) in [6, 6.07) is -0.989. The highest BCUT2D eigenvalue weighted by Crippen LogP contribution is 2.04. The van der Waals surface area contributed by atoms with Crippen molar-refractivity contribution in [3.05, 3.63) is 0 Å². The first-order valence-electron chi connectivity index (χ1n) is 6.60. The van der Waals surface area contributed by atoms with Gasteiger partial charge in [0.05, 0.1) is 0 Å². The number of amides is 2. The minimum absolute atomic E-state index is 0.259. The van der Waals surface area contributed by atoms with Crippen molar-refractivity contribution >= 4 is 12.0 Å². The van der Waals surface area contributed by atoms with Crippen molar-refractivity contribution in [2.75, 3.05) is 40.3 Å². The molecule has 1 rings (SSSR count).